The maximum Gasteiger partial charge on any atom is 0.224 e. The topological polar surface area (TPSA) is 135 Å². The van der Waals surface area contributed by atoms with E-state index in [1.165, 1.54) is 12.1 Å². The summed E-state index contributed by atoms with van der Waals surface area (Å²) in [6.45, 7) is 3.39. The number of ether oxygens (including phenoxy) is 2. The van der Waals surface area contributed by atoms with Gasteiger partial charge in [0.15, 0.2) is 5.82 Å². The van der Waals surface area contributed by atoms with Gasteiger partial charge in [0.1, 0.15) is 12.4 Å². The minimum Gasteiger partial charge on any atom is -0.345 e. The van der Waals surface area contributed by atoms with Crippen LogP contribution in [-0.4, -0.2) is 46.2 Å². The summed E-state index contributed by atoms with van der Waals surface area (Å²) in [5.74, 6) is 0.439. The molecule has 0 aliphatic carbocycles. The van der Waals surface area contributed by atoms with Gasteiger partial charge in [0.05, 0.1) is 36.4 Å². The van der Waals surface area contributed by atoms with Crippen molar-refractivity contribution in [1.29, 1.82) is 5.26 Å². The number of rotatable bonds is 6. The molecule has 4 rings (SSSR count). The lowest BCUT2D eigenvalue weighted by molar-refractivity contribution is -0.231. The number of anilines is 1. The minimum absolute atomic E-state index is 0.0756. The van der Waals surface area contributed by atoms with Crippen molar-refractivity contribution in [3.63, 3.8) is 0 Å². The molecule has 0 radical (unpaired) electrons. The van der Waals surface area contributed by atoms with Crippen molar-refractivity contribution in [1.82, 2.24) is 19.9 Å². The molecule has 0 amide bonds. The van der Waals surface area contributed by atoms with Crippen LogP contribution in [0.25, 0.3) is 22.6 Å². The quantitative estimate of drug-likeness (QED) is 0.515. The highest BCUT2D eigenvalue weighted by Gasteiger charge is 2.34. The fourth-order valence-electron chi connectivity index (χ4n) is 3.13. The Morgan fingerprint density at radius 3 is 2.68 bits per heavy atom. The Bertz CT molecular complexity index is 1090. The predicted molar refractivity (Wildman–Crippen MR) is 111 cm³/mol. The van der Waals surface area contributed by atoms with Gasteiger partial charge in [-0.2, -0.15) is 5.26 Å². The summed E-state index contributed by atoms with van der Waals surface area (Å²) in [4.78, 5) is 16.5. The monoisotopic (exact) mass is 423 g/mol. The summed E-state index contributed by atoms with van der Waals surface area (Å²) in [7, 11) is 0. The lowest BCUT2D eigenvalue weighted by atomic mass is 9.93. The van der Waals surface area contributed by atoms with Crippen molar-refractivity contribution < 1.29 is 13.9 Å². The number of nitriles is 1. The molecule has 3 aromatic rings. The van der Waals surface area contributed by atoms with E-state index in [9.17, 15) is 4.39 Å². The van der Waals surface area contributed by atoms with Gasteiger partial charge in [-0.1, -0.05) is 6.92 Å². The van der Waals surface area contributed by atoms with E-state index in [2.05, 4.69) is 25.3 Å². The molecule has 10 heteroatoms. The van der Waals surface area contributed by atoms with E-state index < -0.39 is 6.29 Å². The van der Waals surface area contributed by atoms with Crippen molar-refractivity contribution >= 4 is 5.95 Å². The largest absolute Gasteiger partial charge is 0.345 e. The smallest absolute Gasteiger partial charge is 0.224 e. The zero-order valence-corrected chi connectivity index (χ0v) is 16.9. The highest BCUT2D eigenvalue weighted by atomic mass is 19.1. The van der Waals surface area contributed by atoms with Crippen LogP contribution in [0.2, 0.25) is 0 Å². The zero-order chi connectivity index (χ0) is 21.8. The van der Waals surface area contributed by atoms with Gasteiger partial charge >= 0.3 is 0 Å². The van der Waals surface area contributed by atoms with Gasteiger partial charge in [0.25, 0.3) is 0 Å². The van der Waals surface area contributed by atoms with Crippen molar-refractivity contribution in [3.05, 3.63) is 48.2 Å². The van der Waals surface area contributed by atoms with E-state index in [0.717, 1.165) is 0 Å². The lowest BCUT2D eigenvalue weighted by Crippen LogP contribution is -2.42. The standard InChI is InChI=1S/C21H22FN7O2/c1-21(10-24)11-30-19(31-12-21)18-28-16(13-2-4-14(22)5-3-13)17(29-18)15-6-8-25-20(27-15)26-9-7-23/h2-6,8,19H,9-12,24H2,1H3,(H,28,29)(H,25,26,27). The number of nitrogens with one attached hydrogen (secondary N) is 2. The highest BCUT2D eigenvalue weighted by Crippen LogP contribution is 2.35. The Hall–Kier alpha value is -3.39. The molecule has 1 fully saturated rings. The molecule has 0 atom stereocenters. The van der Waals surface area contributed by atoms with Gasteiger partial charge in [0, 0.05) is 23.7 Å². The number of aromatic nitrogens is 4. The number of aromatic amines is 1. The highest BCUT2D eigenvalue weighted by molar-refractivity contribution is 5.77. The Morgan fingerprint density at radius 2 is 2.00 bits per heavy atom. The van der Waals surface area contributed by atoms with Crippen molar-refractivity contribution in [2.45, 2.75) is 13.2 Å². The van der Waals surface area contributed by atoms with E-state index in [1.54, 1.807) is 24.4 Å². The minimum atomic E-state index is -0.689. The van der Waals surface area contributed by atoms with Crippen LogP contribution in [0.15, 0.2) is 36.5 Å². The molecule has 4 N–H and O–H groups in total. The van der Waals surface area contributed by atoms with Crippen LogP contribution < -0.4 is 11.1 Å². The number of hydrogen-bond acceptors (Lipinski definition) is 8. The lowest BCUT2D eigenvalue weighted by Gasteiger charge is -2.35. The fourth-order valence-corrected chi connectivity index (χ4v) is 3.13. The van der Waals surface area contributed by atoms with Gasteiger partial charge in [-0.15, -0.1) is 0 Å². The average molecular weight is 423 g/mol. The Kier molecular flexibility index (Phi) is 5.90. The van der Waals surface area contributed by atoms with E-state index in [4.69, 9.17) is 20.5 Å². The SMILES string of the molecule is CC1(CN)COC(c2nc(-c3ccc(F)cc3)c(-c3ccnc(NCC#N)n3)[nH]2)OC1. The third-order valence-corrected chi connectivity index (χ3v) is 4.96. The fraction of sp³-hybridized carbons (Fsp3) is 0.333. The number of imidazole rings is 1. The molecule has 1 aliphatic rings. The molecule has 31 heavy (non-hydrogen) atoms. The van der Waals surface area contributed by atoms with Gasteiger partial charge in [-0.25, -0.2) is 19.3 Å². The first-order valence-electron chi connectivity index (χ1n) is 9.75. The van der Waals surface area contributed by atoms with Crippen molar-refractivity contribution in [2.24, 2.45) is 11.1 Å². The van der Waals surface area contributed by atoms with Gasteiger partial charge in [-0.05, 0) is 30.3 Å². The molecular formula is C21H22FN7O2. The molecule has 1 aromatic carbocycles. The van der Waals surface area contributed by atoms with Gasteiger partial charge in [0.2, 0.25) is 12.2 Å². The number of halogens is 1. The summed E-state index contributed by atoms with van der Waals surface area (Å²) in [6.07, 6.45) is 0.891. The first-order chi connectivity index (χ1) is 15.0. The first-order valence-corrected chi connectivity index (χ1v) is 9.75. The summed E-state index contributed by atoms with van der Waals surface area (Å²) >= 11 is 0. The molecule has 3 heterocycles. The molecule has 1 aliphatic heterocycles. The third kappa shape index (κ3) is 4.54. The number of benzene rings is 1. The van der Waals surface area contributed by atoms with Crippen LogP contribution >= 0.6 is 0 Å². The summed E-state index contributed by atoms with van der Waals surface area (Å²) in [5.41, 5.74) is 7.98. The van der Waals surface area contributed by atoms with Crippen LogP contribution in [0.3, 0.4) is 0 Å². The maximum absolute atomic E-state index is 13.5. The van der Waals surface area contributed by atoms with Crippen LogP contribution in [0.5, 0.6) is 0 Å². The molecule has 0 bridgehead atoms. The van der Waals surface area contributed by atoms with Crippen molar-refractivity contribution in [3.8, 4) is 28.7 Å². The summed E-state index contributed by atoms with van der Waals surface area (Å²) in [5, 5.41) is 11.6. The number of hydrogen-bond donors (Lipinski definition) is 3. The first kappa shape index (κ1) is 20.9. The summed E-state index contributed by atoms with van der Waals surface area (Å²) in [6, 6.07) is 9.73. The summed E-state index contributed by atoms with van der Waals surface area (Å²) < 4.78 is 25.2. The number of nitrogens with zero attached hydrogens (tertiary/aromatic N) is 4. The van der Waals surface area contributed by atoms with Gasteiger partial charge in [-0.3, -0.25) is 0 Å². The number of nitrogens with two attached hydrogens (primary N) is 1. The Balaban J connectivity index is 1.72. The molecule has 160 valence electrons. The molecule has 0 unspecified atom stereocenters. The second-order valence-electron chi connectivity index (χ2n) is 7.60. The van der Waals surface area contributed by atoms with E-state index in [0.29, 0.717) is 54.2 Å². The second-order valence-corrected chi connectivity index (χ2v) is 7.60. The zero-order valence-electron chi connectivity index (χ0n) is 16.9. The number of H-pyrrole nitrogens is 1. The molecule has 2 aromatic heterocycles. The Morgan fingerprint density at radius 1 is 1.26 bits per heavy atom. The van der Waals surface area contributed by atoms with E-state index in [-0.39, 0.29) is 17.8 Å². The Labute approximate surface area is 178 Å². The maximum atomic E-state index is 13.5. The molecular weight excluding hydrogens is 401 g/mol. The average Bonchev–Trinajstić information content (AvgIpc) is 3.24. The van der Waals surface area contributed by atoms with Crippen LogP contribution in [0.1, 0.15) is 19.0 Å². The predicted octanol–water partition coefficient (Wildman–Crippen LogP) is 2.62. The molecule has 9 nitrogen and oxygen atoms in total. The van der Waals surface area contributed by atoms with Crippen LogP contribution in [0, 0.1) is 22.6 Å². The van der Waals surface area contributed by atoms with Crippen LogP contribution in [-0.2, 0) is 9.47 Å². The van der Waals surface area contributed by atoms with Crippen molar-refractivity contribution in [2.75, 3.05) is 31.6 Å². The van der Waals surface area contributed by atoms with E-state index >= 15 is 0 Å². The second kappa shape index (κ2) is 8.77. The van der Waals surface area contributed by atoms with Gasteiger partial charge < -0.3 is 25.5 Å². The normalized spacial score (nSPS) is 20.9. The molecule has 0 spiro atoms. The molecule has 0 saturated carbocycles. The molecule has 1 saturated heterocycles. The third-order valence-electron chi connectivity index (χ3n) is 4.96. The van der Waals surface area contributed by atoms with E-state index in [1.807, 2.05) is 13.0 Å². The van der Waals surface area contributed by atoms with Crippen LogP contribution in [0.4, 0.5) is 10.3 Å².